The van der Waals surface area contributed by atoms with Gasteiger partial charge in [-0.15, -0.1) is 0 Å². The Morgan fingerprint density at radius 2 is 0.471 bits per heavy atom. The molecule has 0 amide bonds. The van der Waals surface area contributed by atoms with Crippen molar-refractivity contribution in [2.45, 2.75) is 464 Å². The van der Waals surface area contributed by atoms with Crippen molar-refractivity contribution in [1.82, 2.24) is 0 Å². The molecule has 0 heterocycles. The Morgan fingerprint density at radius 1 is 0.275 bits per heavy atom. The van der Waals surface area contributed by atoms with E-state index in [1.54, 1.807) is 0 Å². The minimum Gasteiger partial charge on any atom is -0.462 e. The third kappa shape index (κ3) is 74.9. The van der Waals surface area contributed by atoms with Crippen LogP contribution in [0.3, 0.4) is 0 Å². The molecule has 0 saturated carbocycles. The van der Waals surface area contributed by atoms with Crippen LogP contribution in [0.2, 0.25) is 0 Å². The van der Waals surface area contributed by atoms with Gasteiger partial charge in [0.15, 0.2) is 12.2 Å². The summed E-state index contributed by atoms with van der Waals surface area (Å²) >= 11 is 0. The Kier molecular flexibility index (Phi) is 74.4. The normalized spacial score (nSPS) is 14.1. The Labute approximate surface area is 626 Å². The predicted octanol–water partition coefficient (Wildman–Crippen LogP) is 25.2. The maximum absolute atomic E-state index is 13.1. The standard InChI is InChI=1S/C83H162O17P2/c1-6-10-13-16-19-22-25-28-30-32-34-35-37-39-41-43-46-49-52-59-64-69-83(88)99-78(72-93-80(85)66-61-56-50-47-45-42-40-38-36-33-31-29-26-23-20-17-14-11-7-2)74-97-101(89,90)95-70-77(84)71-96-102(91,92)98-75-79(73-94-81(86)67-62-57-54-53-55-60-65-76(5)9-4)100-82(87)68-63-58-51-48-44-27-24-21-18-15-12-8-3/h76-79,84H,6-75H2,1-5H3,(H,89,90)(H,91,92)/t76?,77-,78-,79-/m1/s1. The first-order valence-corrected chi connectivity index (χ1v) is 46.2. The van der Waals surface area contributed by atoms with Gasteiger partial charge in [-0.25, -0.2) is 9.13 Å². The highest BCUT2D eigenvalue weighted by Gasteiger charge is 2.30. The lowest BCUT2D eigenvalue weighted by Gasteiger charge is -2.21. The molecule has 0 rings (SSSR count). The van der Waals surface area contributed by atoms with E-state index in [1.165, 1.54) is 263 Å². The first-order valence-electron chi connectivity index (χ1n) is 43.2. The Bertz CT molecular complexity index is 1950. The highest BCUT2D eigenvalue weighted by atomic mass is 31.2. The van der Waals surface area contributed by atoms with Crippen LogP contribution in [0.5, 0.6) is 0 Å². The number of phosphoric ester groups is 2. The fourth-order valence-electron chi connectivity index (χ4n) is 12.9. The maximum Gasteiger partial charge on any atom is 0.472 e. The zero-order valence-electron chi connectivity index (χ0n) is 66.8. The first kappa shape index (κ1) is 100. The van der Waals surface area contributed by atoms with Crippen LogP contribution >= 0.6 is 15.6 Å². The van der Waals surface area contributed by atoms with E-state index in [0.29, 0.717) is 25.7 Å². The second kappa shape index (κ2) is 75.9. The van der Waals surface area contributed by atoms with Crippen LogP contribution in [-0.4, -0.2) is 96.7 Å². The SMILES string of the molecule is CCCCCCCCCCCCCCCCCCCCCCCC(=O)O[C@H](COC(=O)CCCCCCCCCCCCCCCCCCCCC)COP(=O)(O)OC[C@@H](O)COP(=O)(O)OC[C@@H](COC(=O)CCCCCCCCC(C)CC)OC(=O)CCCCCCCCCCCCCC. The number of ether oxygens (including phenoxy) is 4. The van der Waals surface area contributed by atoms with Gasteiger partial charge in [-0.05, 0) is 31.6 Å². The fourth-order valence-corrected chi connectivity index (χ4v) is 14.5. The number of phosphoric acid groups is 2. The van der Waals surface area contributed by atoms with Crippen LogP contribution in [-0.2, 0) is 65.4 Å². The summed E-state index contributed by atoms with van der Waals surface area (Å²) in [6.07, 6.45) is 68.2. The van der Waals surface area contributed by atoms with Gasteiger partial charge in [-0.2, -0.15) is 0 Å². The van der Waals surface area contributed by atoms with E-state index in [-0.39, 0.29) is 25.7 Å². The van der Waals surface area contributed by atoms with Crippen molar-refractivity contribution in [2.75, 3.05) is 39.6 Å². The van der Waals surface area contributed by atoms with Gasteiger partial charge in [0, 0.05) is 25.7 Å². The zero-order chi connectivity index (χ0) is 74.8. The molecular formula is C83H162O17P2. The predicted molar refractivity (Wildman–Crippen MR) is 418 cm³/mol. The van der Waals surface area contributed by atoms with E-state index in [1.807, 2.05) is 0 Å². The second-order valence-corrected chi connectivity index (χ2v) is 33.0. The second-order valence-electron chi connectivity index (χ2n) is 30.1. The van der Waals surface area contributed by atoms with Crippen LogP contribution in [0.4, 0.5) is 0 Å². The van der Waals surface area contributed by atoms with Crippen molar-refractivity contribution < 1.29 is 80.2 Å². The van der Waals surface area contributed by atoms with Crippen molar-refractivity contribution in [2.24, 2.45) is 5.92 Å². The summed E-state index contributed by atoms with van der Waals surface area (Å²) in [7, 11) is -9.92. The fraction of sp³-hybridized carbons (Fsp3) is 0.952. The average Bonchev–Trinajstić information content (AvgIpc) is 0.925. The molecule has 0 saturated heterocycles. The lowest BCUT2D eigenvalue weighted by Crippen LogP contribution is -2.30. The van der Waals surface area contributed by atoms with Crippen molar-refractivity contribution in [3.8, 4) is 0 Å². The summed E-state index contributed by atoms with van der Waals surface area (Å²) < 4.78 is 68.7. The summed E-state index contributed by atoms with van der Waals surface area (Å²) in [6, 6.07) is 0. The number of aliphatic hydroxyl groups is 1. The highest BCUT2D eigenvalue weighted by Crippen LogP contribution is 2.45. The molecule has 19 heteroatoms. The molecule has 0 fully saturated rings. The molecule has 102 heavy (non-hydrogen) atoms. The molecule has 3 N–H and O–H groups in total. The third-order valence-electron chi connectivity index (χ3n) is 19.9. The number of aliphatic hydroxyl groups excluding tert-OH is 1. The molecule has 0 aromatic heterocycles. The highest BCUT2D eigenvalue weighted by molar-refractivity contribution is 7.47. The minimum absolute atomic E-state index is 0.107. The quantitative estimate of drug-likeness (QED) is 0.0222. The number of esters is 4. The number of carbonyl (C=O) groups excluding carboxylic acids is 4. The summed E-state index contributed by atoms with van der Waals surface area (Å²) in [5.41, 5.74) is 0. The molecule has 17 nitrogen and oxygen atoms in total. The molecule has 0 radical (unpaired) electrons. The van der Waals surface area contributed by atoms with E-state index in [9.17, 15) is 43.2 Å². The number of rotatable bonds is 83. The Morgan fingerprint density at radius 3 is 0.696 bits per heavy atom. The van der Waals surface area contributed by atoms with Crippen LogP contribution in [0, 0.1) is 5.92 Å². The monoisotopic (exact) mass is 1490 g/mol. The van der Waals surface area contributed by atoms with E-state index < -0.39 is 97.5 Å². The molecule has 0 bridgehead atoms. The first-order chi connectivity index (χ1) is 49.6. The van der Waals surface area contributed by atoms with Crippen molar-refractivity contribution in [3.05, 3.63) is 0 Å². The molecular weight excluding hydrogens is 1330 g/mol. The Balaban J connectivity index is 5.21. The van der Waals surface area contributed by atoms with Gasteiger partial charge in [0.05, 0.1) is 26.4 Å². The molecule has 0 aliphatic carbocycles. The molecule has 606 valence electrons. The van der Waals surface area contributed by atoms with Crippen molar-refractivity contribution in [1.29, 1.82) is 0 Å². The molecule has 0 aliphatic heterocycles. The zero-order valence-corrected chi connectivity index (χ0v) is 68.5. The van der Waals surface area contributed by atoms with Crippen LogP contribution in [0.1, 0.15) is 446 Å². The third-order valence-corrected chi connectivity index (χ3v) is 21.8. The van der Waals surface area contributed by atoms with Gasteiger partial charge in [-0.1, -0.05) is 394 Å². The van der Waals surface area contributed by atoms with Gasteiger partial charge < -0.3 is 33.8 Å². The number of hydrogen-bond acceptors (Lipinski definition) is 15. The summed E-state index contributed by atoms with van der Waals surface area (Å²) in [5.74, 6) is -1.37. The van der Waals surface area contributed by atoms with E-state index in [2.05, 4.69) is 34.6 Å². The molecule has 3 unspecified atom stereocenters. The van der Waals surface area contributed by atoms with Gasteiger partial charge in [0.2, 0.25) is 0 Å². The topological polar surface area (TPSA) is 237 Å². The van der Waals surface area contributed by atoms with E-state index in [4.69, 9.17) is 37.0 Å². The van der Waals surface area contributed by atoms with Crippen LogP contribution < -0.4 is 0 Å². The van der Waals surface area contributed by atoms with Crippen LogP contribution in [0.15, 0.2) is 0 Å². The maximum atomic E-state index is 13.1. The molecule has 6 atom stereocenters. The van der Waals surface area contributed by atoms with E-state index >= 15 is 0 Å². The van der Waals surface area contributed by atoms with Crippen molar-refractivity contribution >= 4 is 39.5 Å². The average molecular weight is 1490 g/mol. The minimum atomic E-state index is -4.96. The smallest absolute Gasteiger partial charge is 0.462 e. The summed E-state index contributed by atoms with van der Waals surface area (Å²) in [4.78, 5) is 73.0. The van der Waals surface area contributed by atoms with Crippen molar-refractivity contribution in [3.63, 3.8) is 0 Å². The molecule has 0 spiro atoms. The number of hydrogen-bond donors (Lipinski definition) is 3. The molecule has 0 aromatic rings. The van der Waals surface area contributed by atoms with E-state index in [0.717, 1.165) is 102 Å². The number of carbonyl (C=O) groups is 4. The lowest BCUT2D eigenvalue weighted by atomic mass is 10.00. The van der Waals surface area contributed by atoms with Crippen LogP contribution in [0.25, 0.3) is 0 Å². The van der Waals surface area contributed by atoms with Gasteiger partial charge >= 0.3 is 39.5 Å². The van der Waals surface area contributed by atoms with Gasteiger partial charge in [-0.3, -0.25) is 37.3 Å². The summed E-state index contributed by atoms with van der Waals surface area (Å²) in [5, 5.41) is 10.6. The molecule has 0 aromatic carbocycles. The van der Waals surface area contributed by atoms with Gasteiger partial charge in [0.1, 0.15) is 19.3 Å². The molecule has 0 aliphatic rings. The largest absolute Gasteiger partial charge is 0.472 e. The lowest BCUT2D eigenvalue weighted by molar-refractivity contribution is -0.161. The Hall–Kier alpha value is -1.94. The number of unbranched alkanes of at least 4 members (excludes halogenated alkanes) is 54. The van der Waals surface area contributed by atoms with Gasteiger partial charge in [0.25, 0.3) is 0 Å². The summed E-state index contributed by atoms with van der Waals surface area (Å²) in [6.45, 7) is 7.30.